The van der Waals surface area contributed by atoms with Crippen LogP contribution in [0.2, 0.25) is 16.6 Å². The first-order valence-corrected chi connectivity index (χ1v) is 10.5. The number of carbonyl (C=O) groups excluding carboxylic acids is 2. The van der Waals surface area contributed by atoms with Crippen molar-refractivity contribution in [1.29, 1.82) is 0 Å². The highest BCUT2D eigenvalue weighted by molar-refractivity contribution is 6.95. The summed E-state index contributed by atoms with van der Waals surface area (Å²) in [4.78, 5) is 23.5. The molecule has 0 atom stereocenters. The molecule has 1 aromatic rings. The number of aromatic nitrogens is 3. The van der Waals surface area contributed by atoms with Crippen molar-refractivity contribution in [1.82, 2.24) is 15.0 Å². The Morgan fingerprint density at radius 1 is 1.17 bits per heavy atom. The number of nitrogens with zero attached hydrogens (tertiary/aromatic N) is 3. The van der Waals surface area contributed by atoms with Crippen molar-refractivity contribution in [3.63, 3.8) is 0 Å². The summed E-state index contributed by atoms with van der Waals surface area (Å²) in [5, 5.41) is 9.28. The molecule has 0 unspecified atom stereocenters. The number of rotatable bonds is 8. The van der Waals surface area contributed by atoms with E-state index in [1.807, 2.05) is 0 Å². The number of hydrogen-bond donors (Lipinski definition) is 0. The second kappa shape index (κ2) is 7.85. The van der Waals surface area contributed by atoms with E-state index in [1.54, 1.807) is 6.92 Å². The Bertz CT molecular complexity index is 531. The molecule has 0 bridgehead atoms. The van der Waals surface area contributed by atoms with E-state index in [0.29, 0.717) is 28.9 Å². The molecule has 1 rings (SSSR count). The number of hydrogen-bond acceptors (Lipinski definition) is 5. The third-order valence-corrected chi connectivity index (χ3v) is 11.7. The van der Waals surface area contributed by atoms with Crippen molar-refractivity contribution < 1.29 is 14.3 Å². The van der Waals surface area contributed by atoms with Gasteiger partial charge in [-0.15, -0.1) is 5.10 Å². The first-order chi connectivity index (χ1) is 10.7. The lowest BCUT2D eigenvalue weighted by atomic mass is 10.5. The fourth-order valence-electron chi connectivity index (χ4n) is 4.01. The van der Waals surface area contributed by atoms with Crippen molar-refractivity contribution in [2.24, 2.45) is 0 Å². The normalized spacial score (nSPS) is 12.3. The second-order valence-electron chi connectivity index (χ2n) is 6.80. The highest BCUT2D eigenvalue weighted by Crippen LogP contribution is 2.40. The van der Waals surface area contributed by atoms with Gasteiger partial charge in [-0.2, -0.15) is 0 Å². The maximum absolute atomic E-state index is 11.7. The largest absolute Gasteiger partial charge is 0.465 e. The topological polar surface area (TPSA) is 74.1 Å². The standard InChI is InChI=1S/C16H29N3O3Si/c1-8-22-15(21)9-19-14(10-20)16(17-18-19)23(11(2)3,12(4)5)13(6)7/h10-13H,8-9H2,1-7H3. The van der Waals surface area contributed by atoms with E-state index in [2.05, 4.69) is 51.9 Å². The van der Waals surface area contributed by atoms with Gasteiger partial charge in [0.25, 0.3) is 0 Å². The molecule has 7 heteroatoms. The Labute approximate surface area is 139 Å². The Balaban J connectivity index is 3.43. The van der Waals surface area contributed by atoms with E-state index < -0.39 is 14.0 Å². The lowest BCUT2D eigenvalue weighted by molar-refractivity contribution is -0.144. The van der Waals surface area contributed by atoms with E-state index in [4.69, 9.17) is 4.74 Å². The minimum Gasteiger partial charge on any atom is -0.465 e. The third-order valence-electron chi connectivity index (χ3n) is 4.75. The minimum absolute atomic E-state index is 0.0757. The summed E-state index contributed by atoms with van der Waals surface area (Å²) in [5.41, 5.74) is 1.66. The zero-order valence-electron chi connectivity index (χ0n) is 15.3. The maximum Gasteiger partial charge on any atom is 0.327 e. The molecule has 0 saturated carbocycles. The van der Waals surface area contributed by atoms with Crippen LogP contribution in [-0.4, -0.2) is 41.9 Å². The van der Waals surface area contributed by atoms with Crippen LogP contribution in [0.1, 0.15) is 59.0 Å². The molecular formula is C16H29N3O3Si. The van der Waals surface area contributed by atoms with Crippen LogP contribution in [0.25, 0.3) is 0 Å². The van der Waals surface area contributed by atoms with Crippen molar-refractivity contribution in [2.45, 2.75) is 71.6 Å². The SMILES string of the molecule is CCOC(=O)Cn1nnc([Si](C(C)C)(C(C)C)C(C)C)c1C=O. The van der Waals surface area contributed by atoms with Crippen molar-refractivity contribution >= 4 is 25.6 Å². The van der Waals surface area contributed by atoms with Gasteiger partial charge in [-0.3, -0.25) is 9.59 Å². The molecule has 1 heterocycles. The molecule has 0 aliphatic heterocycles. The highest BCUT2D eigenvalue weighted by atomic mass is 28.3. The average molecular weight is 340 g/mol. The molecule has 23 heavy (non-hydrogen) atoms. The number of esters is 1. The molecule has 0 spiro atoms. The van der Waals surface area contributed by atoms with E-state index in [9.17, 15) is 9.59 Å². The summed E-state index contributed by atoms with van der Waals surface area (Å²) in [6, 6.07) is 0. The predicted octanol–water partition coefficient (Wildman–Crippen LogP) is 2.54. The summed E-state index contributed by atoms with van der Waals surface area (Å²) in [5.74, 6) is -0.405. The summed E-state index contributed by atoms with van der Waals surface area (Å²) >= 11 is 0. The first-order valence-electron chi connectivity index (χ1n) is 8.28. The van der Waals surface area contributed by atoms with E-state index in [1.165, 1.54) is 4.68 Å². The summed E-state index contributed by atoms with van der Waals surface area (Å²) in [7, 11) is -2.10. The zero-order valence-corrected chi connectivity index (χ0v) is 16.3. The Kier molecular flexibility index (Phi) is 6.67. The van der Waals surface area contributed by atoms with Gasteiger partial charge in [0, 0.05) is 0 Å². The molecule has 0 radical (unpaired) electrons. The lowest BCUT2D eigenvalue weighted by Crippen LogP contribution is -2.57. The van der Waals surface area contributed by atoms with Gasteiger partial charge >= 0.3 is 5.97 Å². The third kappa shape index (κ3) is 3.54. The molecule has 0 aliphatic carbocycles. The fourth-order valence-corrected chi connectivity index (χ4v) is 10.5. The molecule has 0 amide bonds. The van der Waals surface area contributed by atoms with E-state index in [0.717, 1.165) is 11.6 Å². The van der Waals surface area contributed by atoms with Crippen LogP contribution < -0.4 is 5.32 Å². The van der Waals surface area contributed by atoms with Gasteiger partial charge in [0.2, 0.25) is 0 Å². The lowest BCUT2D eigenvalue weighted by Gasteiger charge is -2.41. The molecule has 0 aliphatic rings. The van der Waals surface area contributed by atoms with Crippen LogP contribution in [0.15, 0.2) is 0 Å². The van der Waals surface area contributed by atoms with Crippen molar-refractivity contribution in [2.75, 3.05) is 6.61 Å². The molecule has 6 nitrogen and oxygen atoms in total. The molecular weight excluding hydrogens is 310 g/mol. The van der Waals surface area contributed by atoms with Crippen LogP contribution in [0.5, 0.6) is 0 Å². The highest BCUT2D eigenvalue weighted by Gasteiger charge is 2.48. The zero-order chi connectivity index (χ0) is 17.8. The van der Waals surface area contributed by atoms with E-state index >= 15 is 0 Å². The summed E-state index contributed by atoms with van der Waals surface area (Å²) < 4.78 is 6.33. The minimum atomic E-state index is -2.10. The number of carbonyl (C=O) groups is 2. The second-order valence-corrected chi connectivity index (χ2v) is 12.6. The van der Waals surface area contributed by atoms with Crippen LogP contribution in [0, 0.1) is 0 Å². The summed E-state index contributed by atoms with van der Waals surface area (Å²) in [6.45, 7) is 15.2. The fraction of sp³-hybridized carbons (Fsp3) is 0.750. The molecule has 0 fully saturated rings. The maximum atomic E-state index is 11.7. The van der Waals surface area contributed by atoms with Crippen LogP contribution >= 0.6 is 0 Å². The monoisotopic (exact) mass is 339 g/mol. The van der Waals surface area contributed by atoms with Gasteiger partial charge < -0.3 is 4.74 Å². The van der Waals surface area contributed by atoms with Crippen molar-refractivity contribution in [3.05, 3.63) is 5.69 Å². The van der Waals surface area contributed by atoms with Crippen LogP contribution in [-0.2, 0) is 16.1 Å². The number of ether oxygens (including phenoxy) is 1. The Hall–Kier alpha value is -1.50. The molecule has 1 aromatic heterocycles. The Morgan fingerprint density at radius 3 is 2.09 bits per heavy atom. The molecule has 0 N–H and O–H groups in total. The van der Waals surface area contributed by atoms with Crippen LogP contribution in [0.3, 0.4) is 0 Å². The molecule has 130 valence electrons. The smallest absolute Gasteiger partial charge is 0.327 e. The van der Waals surface area contributed by atoms with Crippen molar-refractivity contribution in [3.8, 4) is 0 Å². The first kappa shape index (κ1) is 19.5. The Morgan fingerprint density at radius 2 is 1.70 bits per heavy atom. The van der Waals surface area contributed by atoms with Gasteiger partial charge in [-0.1, -0.05) is 46.8 Å². The summed E-state index contributed by atoms with van der Waals surface area (Å²) in [6.07, 6.45) is 0.781. The predicted molar refractivity (Wildman–Crippen MR) is 92.7 cm³/mol. The van der Waals surface area contributed by atoms with E-state index in [-0.39, 0.29) is 6.54 Å². The van der Waals surface area contributed by atoms with Gasteiger partial charge in [0.15, 0.2) is 6.29 Å². The van der Waals surface area contributed by atoms with Gasteiger partial charge in [0.1, 0.15) is 20.3 Å². The quantitative estimate of drug-likeness (QED) is 0.413. The molecule has 0 aromatic carbocycles. The van der Waals surface area contributed by atoms with Crippen LogP contribution in [0.4, 0.5) is 0 Å². The van der Waals surface area contributed by atoms with Gasteiger partial charge in [0.05, 0.1) is 11.9 Å². The number of aldehydes is 1. The van der Waals surface area contributed by atoms with Gasteiger partial charge in [-0.25, -0.2) is 4.68 Å². The van der Waals surface area contributed by atoms with Gasteiger partial charge in [-0.05, 0) is 23.5 Å². The average Bonchev–Trinajstić information content (AvgIpc) is 2.81. The molecule has 0 saturated heterocycles.